The summed E-state index contributed by atoms with van der Waals surface area (Å²) in [6.45, 7) is 2.87. The van der Waals surface area contributed by atoms with Crippen LogP contribution < -0.4 is 4.90 Å². The summed E-state index contributed by atoms with van der Waals surface area (Å²) in [7, 11) is 1.98. The lowest BCUT2D eigenvalue weighted by atomic mass is 10.1. The van der Waals surface area contributed by atoms with Crippen molar-refractivity contribution in [1.29, 1.82) is 0 Å². The van der Waals surface area contributed by atoms with Crippen LogP contribution in [0.2, 0.25) is 0 Å². The van der Waals surface area contributed by atoms with E-state index in [4.69, 9.17) is 0 Å². The van der Waals surface area contributed by atoms with E-state index >= 15 is 0 Å². The van der Waals surface area contributed by atoms with Crippen molar-refractivity contribution >= 4 is 22.8 Å². The molecule has 1 heterocycles. The van der Waals surface area contributed by atoms with Gasteiger partial charge in [0.2, 0.25) is 0 Å². The molecule has 2 rings (SSSR count). The zero-order valence-corrected chi connectivity index (χ0v) is 10.7. The van der Waals surface area contributed by atoms with Gasteiger partial charge in [-0.3, -0.25) is 4.79 Å². The summed E-state index contributed by atoms with van der Waals surface area (Å²) in [5, 5.41) is 0.868. The second-order valence-electron chi connectivity index (χ2n) is 4.00. The van der Waals surface area contributed by atoms with Crippen LogP contribution >= 0.6 is 11.3 Å². The smallest absolute Gasteiger partial charge is 0.185 e. The standard InChI is InChI=1S/C13H14N2OS/c1-10-3-5-11(6-4-10)8-15(2)13-14-7-12(9-16)17-13/h3-7,9H,8H2,1-2H3. The Morgan fingerprint density at radius 3 is 2.65 bits per heavy atom. The van der Waals surface area contributed by atoms with E-state index in [0.29, 0.717) is 4.88 Å². The minimum absolute atomic E-state index is 0.663. The summed E-state index contributed by atoms with van der Waals surface area (Å²) in [5.41, 5.74) is 2.50. The van der Waals surface area contributed by atoms with E-state index in [2.05, 4.69) is 36.2 Å². The second kappa shape index (κ2) is 5.10. The van der Waals surface area contributed by atoms with E-state index < -0.39 is 0 Å². The second-order valence-corrected chi connectivity index (χ2v) is 5.05. The first-order valence-corrected chi connectivity index (χ1v) is 6.18. The van der Waals surface area contributed by atoms with Crippen LogP contribution in [0.4, 0.5) is 5.13 Å². The minimum Gasteiger partial charge on any atom is -0.347 e. The van der Waals surface area contributed by atoms with Crippen molar-refractivity contribution in [3.63, 3.8) is 0 Å². The maximum atomic E-state index is 10.6. The van der Waals surface area contributed by atoms with Crippen molar-refractivity contribution < 1.29 is 4.79 Å². The number of aryl methyl sites for hydroxylation is 1. The number of benzene rings is 1. The topological polar surface area (TPSA) is 33.2 Å². The van der Waals surface area contributed by atoms with Gasteiger partial charge in [-0.2, -0.15) is 0 Å². The monoisotopic (exact) mass is 246 g/mol. The molecule has 0 bridgehead atoms. The van der Waals surface area contributed by atoms with Gasteiger partial charge in [-0.1, -0.05) is 41.2 Å². The van der Waals surface area contributed by atoms with Gasteiger partial charge in [0.15, 0.2) is 11.4 Å². The van der Waals surface area contributed by atoms with Gasteiger partial charge < -0.3 is 4.90 Å². The molecular formula is C13H14N2OS. The van der Waals surface area contributed by atoms with Crippen LogP contribution in [0, 0.1) is 6.92 Å². The number of aromatic nitrogens is 1. The fourth-order valence-electron chi connectivity index (χ4n) is 1.54. The number of nitrogens with zero attached hydrogens (tertiary/aromatic N) is 2. The largest absolute Gasteiger partial charge is 0.347 e. The summed E-state index contributed by atoms with van der Waals surface area (Å²) in [5.74, 6) is 0. The van der Waals surface area contributed by atoms with Crippen molar-refractivity contribution in [2.75, 3.05) is 11.9 Å². The minimum atomic E-state index is 0.663. The predicted octanol–water partition coefficient (Wildman–Crippen LogP) is 2.90. The number of aldehydes is 1. The van der Waals surface area contributed by atoms with Crippen LogP contribution in [0.5, 0.6) is 0 Å². The maximum Gasteiger partial charge on any atom is 0.185 e. The number of anilines is 1. The Labute approximate surface area is 105 Å². The lowest BCUT2D eigenvalue weighted by Crippen LogP contribution is -2.15. The summed E-state index contributed by atoms with van der Waals surface area (Å²) in [6.07, 6.45) is 2.44. The molecule has 3 nitrogen and oxygen atoms in total. The maximum absolute atomic E-state index is 10.6. The molecule has 0 atom stereocenters. The highest BCUT2D eigenvalue weighted by molar-refractivity contribution is 7.17. The molecule has 0 fully saturated rings. The lowest BCUT2D eigenvalue weighted by molar-refractivity contribution is 0.112. The molecule has 0 saturated carbocycles. The Morgan fingerprint density at radius 1 is 1.35 bits per heavy atom. The molecule has 0 aliphatic heterocycles. The van der Waals surface area contributed by atoms with Gasteiger partial charge in [-0.05, 0) is 12.5 Å². The fraction of sp³-hybridized carbons (Fsp3) is 0.231. The summed E-state index contributed by atoms with van der Waals surface area (Å²) in [4.78, 5) is 17.5. The van der Waals surface area contributed by atoms with Crippen molar-refractivity contribution in [3.8, 4) is 0 Å². The number of carbonyl (C=O) groups excluding carboxylic acids is 1. The average molecular weight is 246 g/mol. The molecule has 0 aliphatic rings. The molecule has 0 radical (unpaired) electrons. The third kappa shape index (κ3) is 2.91. The van der Waals surface area contributed by atoms with Crippen LogP contribution in [0.15, 0.2) is 30.5 Å². The average Bonchev–Trinajstić information content (AvgIpc) is 2.81. The first-order valence-electron chi connectivity index (χ1n) is 5.37. The van der Waals surface area contributed by atoms with Gasteiger partial charge in [-0.25, -0.2) is 4.98 Å². The number of hydrogen-bond donors (Lipinski definition) is 0. The van der Waals surface area contributed by atoms with Crippen LogP contribution in [0.25, 0.3) is 0 Å². The Balaban J connectivity index is 2.08. The third-order valence-electron chi connectivity index (χ3n) is 2.49. The van der Waals surface area contributed by atoms with Gasteiger partial charge in [0.1, 0.15) is 0 Å². The van der Waals surface area contributed by atoms with E-state index in [9.17, 15) is 4.79 Å². The van der Waals surface area contributed by atoms with Crippen molar-refractivity contribution in [2.45, 2.75) is 13.5 Å². The molecule has 0 spiro atoms. The van der Waals surface area contributed by atoms with Crippen LogP contribution in [0.3, 0.4) is 0 Å². The number of hydrogen-bond acceptors (Lipinski definition) is 4. The predicted molar refractivity (Wildman–Crippen MR) is 70.8 cm³/mol. The highest BCUT2D eigenvalue weighted by atomic mass is 32.1. The summed E-state index contributed by atoms with van der Waals surface area (Å²) >= 11 is 1.41. The van der Waals surface area contributed by atoms with Crippen LogP contribution in [0.1, 0.15) is 20.8 Å². The molecule has 1 aromatic heterocycles. The highest BCUT2D eigenvalue weighted by Gasteiger charge is 2.07. The molecule has 88 valence electrons. The van der Waals surface area contributed by atoms with Gasteiger partial charge in [-0.15, -0.1) is 0 Å². The van der Waals surface area contributed by atoms with E-state index in [-0.39, 0.29) is 0 Å². The van der Waals surface area contributed by atoms with E-state index in [1.807, 2.05) is 11.9 Å². The molecule has 0 saturated heterocycles. The van der Waals surface area contributed by atoms with Gasteiger partial charge in [0.05, 0.1) is 11.1 Å². The Morgan fingerprint density at radius 2 is 2.06 bits per heavy atom. The number of carbonyl (C=O) groups is 1. The Bertz CT molecular complexity index is 504. The molecule has 0 amide bonds. The van der Waals surface area contributed by atoms with E-state index in [1.165, 1.54) is 22.5 Å². The van der Waals surface area contributed by atoms with Crippen molar-refractivity contribution in [2.24, 2.45) is 0 Å². The van der Waals surface area contributed by atoms with Crippen molar-refractivity contribution in [3.05, 3.63) is 46.5 Å². The molecule has 4 heteroatoms. The van der Waals surface area contributed by atoms with Crippen molar-refractivity contribution in [1.82, 2.24) is 4.98 Å². The normalized spacial score (nSPS) is 10.2. The fourth-order valence-corrected chi connectivity index (χ4v) is 2.23. The molecule has 17 heavy (non-hydrogen) atoms. The molecule has 1 aromatic carbocycles. The Kier molecular flexibility index (Phi) is 3.54. The number of rotatable bonds is 4. The van der Waals surface area contributed by atoms with Crippen LogP contribution in [-0.4, -0.2) is 18.3 Å². The summed E-state index contributed by atoms with van der Waals surface area (Å²) < 4.78 is 0. The van der Waals surface area contributed by atoms with Gasteiger partial charge >= 0.3 is 0 Å². The Hall–Kier alpha value is -1.68. The summed E-state index contributed by atoms with van der Waals surface area (Å²) in [6, 6.07) is 8.42. The first kappa shape index (κ1) is 11.8. The zero-order chi connectivity index (χ0) is 12.3. The first-order chi connectivity index (χ1) is 8.19. The third-order valence-corrected chi connectivity index (χ3v) is 3.53. The molecule has 0 N–H and O–H groups in total. The van der Waals surface area contributed by atoms with E-state index in [1.54, 1.807) is 6.20 Å². The highest BCUT2D eigenvalue weighted by Crippen LogP contribution is 2.21. The quantitative estimate of drug-likeness (QED) is 0.778. The van der Waals surface area contributed by atoms with Crippen LogP contribution in [-0.2, 0) is 6.54 Å². The molecule has 0 aliphatic carbocycles. The zero-order valence-electron chi connectivity index (χ0n) is 9.88. The van der Waals surface area contributed by atoms with Gasteiger partial charge in [0, 0.05) is 13.6 Å². The van der Waals surface area contributed by atoms with E-state index in [0.717, 1.165) is 18.0 Å². The molecular weight excluding hydrogens is 232 g/mol. The molecule has 0 unspecified atom stereocenters. The lowest BCUT2D eigenvalue weighted by Gasteiger charge is -2.15. The SMILES string of the molecule is Cc1ccc(CN(C)c2ncc(C=O)s2)cc1. The molecule has 2 aromatic rings. The van der Waals surface area contributed by atoms with Gasteiger partial charge in [0.25, 0.3) is 0 Å². The number of thiazole rings is 1.